The highest BCUT2D eigenvalue weighted by Crippen LogP contribution is 2.26. The molecule has 0 aliphatic rings. The summed E-state index contributed by atoms with van der Waals surface area (Å²) >= 11 is 6.15. The number of hydrogen-bond donors (Lipinski definition) is 1. The first kappa shape index (κ1) is 26.2. The number of nitrogens with one attached hydrogen (secondary N) is 1. The molecule has 3 aromatic carbocycles. The minimum Gasteiger partial charge on any atom is -0.355 e. The van der Waals surface area contributed by atoms with Crippen molar-refractivity contribution in [2.24, 2.45) is 0 Å². The lowest BCUT2D eigenvalue weighted by atomic mass is 10.1. The molecule has 0 heterocycles. The minimum absolute atomic E-state index is 0.0409. The number of rotatable bonds is 10. The lowest BCUT2D eigenvalue weighted by Gasteiger charge is -2.32. The Morgan fingerprint density at radius 3 is 2.17 bits per heavy atom. The summed E-state index contributed by atoms with van der Waals surface area (Å²) in [5, 5.41) is 3.07. The summed E-state index contributed by atoms with van der Waals surface area (Å²) in [6.45, 7) is 3.47. The monoisotopic (exact) mass is 513 g/mol. The number of carbonyl (C=O) groups is 2. The summed E-state index contributed by atoms with van der Waals surface area (Å²) in [7, 11) is -4.10. The van der Waals surface area contributed by atoms with E-state index in [1.54, 1.807) is 50.2 Å². The average Bonchev–Trinajstić information content (AvgIpc) is 2.86. The molecule has 0 aliphatic carbocycles. The van der Waals surface area contributed by atoms with Crippen LogP contribution in [-0.4, -0.2) is 44.3 Å². The summed E-state index contributed by atoms with van der Waals surface area (Å²) in [6, 6.07) is 22.6. The molecule has 0 aliphatic heterocycles. The molecule has 1 atom stereocenters. The van der Waals surface area contributed by atoms with Gasteiger partial charge in [-0.05, 0) is 49.7 Å². The van der Waals surface area contributed by atoms with Crippen LogP contribution in [0.25, 0.3) is 0 Å². The Kier molecular flexibility index (Phi) is 8.89. The molecule has 7 nitrogen and oxygen atoms in total. The van der Waals surface area contributed by atoms with Crippen molar-refractivity contribution in [2.75, 3.05) is 17.4 Å². The van der Waals surface area contributed by atoms with Gasteiger partial charge in [0, 0.05) is 18.1 Å². The van der Waals surface area contributed by atoms with Crippen molar-refractivity contribution in [2.45, 2.75) is 31.3 Å². The van der Waals surface area contributed by atoms with E-state index >= 15 is 0 Å². The molecule has 2 amide bonds. The van der Waals surface area contributed by atoms with E-state index in [1.807, 2.05) is 30.3 Å². The number of likely N-dealkylation sites (N-methyl/N-ethyl adjacent to an activating group) is 1. The van der Waals surface area contributed by atoms with Crippen molar-refractivity contribution in [3.8, 4) is 0 Å². The van der Waals surface area contributed by atoms with Crippen molar-refractivity contribution < 1.29 is 18.0 Å². The second-order valence-corrected chi connectivity index (χ2v) is 10.2. The third kappa shape index (κ3) is 6.61. The fraction of sp³-hybridized carbons (Fsp3) is 0.231. The van der Waals surface area contributed by atoms with Gasteiger partial charge in [-0.15, -0.1) is 0 Å². The molecule has 0 radical (unpaired) electrons. The molecular formula is C26H28ClN3O4S. The molecule has 3 rings (SSSR count). The van der Waals surface area contributed by atoms with E-state index in [0.717, 1.165) is 9.87 Å². The number of carbonyl (C=O) groups excluding carboxylic acids is 2. The predicted molar refractivity (Wildman–Crippen MR) is 138 cm³/mol. The fourth-order valence-corrected chi connectivity index (χ4v) is 5.18. The number of halogens is 1. The molecule has 0 fully saturated rings. The van der Waals surface area contributed by atoms with E-state index in [2.05, 4.69) is 5.32 Å². The summed E-state index contributed by atoms with van der Waals surface area (Å²) < 4.78 is 28.2. The zero-order chi connectivity index (χ0) is 25.4. The normalized spacial score (nSPS) is 12.0. The highest BCUT2D eigenvalue weighted by molar-refractivity contribution is 7.92. The van der Waals surface area contributed by atoms with E-state index < -0.39 is 28.5 Å². The zero-order valence-corrected chi connectivity index (χ0v) is 21.2. The van der Waals surface area contributed by atoms with Crippen molar-refractivity contribution in [1.29, 1.82) is 0 Å². The molecule has 0 aromatic heterocycles. The van der Waals surface area contributed by atoms with Crippen molar-refractivity contribution >= 4 is 39.1 Å². The molecule has 0 saturated carbocycles. The van der Waals surface area contributed by atoms with Gasteiger partial charge >= 0.3 is 0 Å². The Labute approximate surface area is 211 Å². The molecule has 0 bridgehead atoms. The van der Waals surface area contributed by atoms with Gasteiger partial charge < -0.3 is 10.2 Å². The van der Waals surface area contributed by atoms with Crippen molar-refractivity contribution in [3.63, 3.8) is 0 Å². The van der Waals surface area contributed by atoms with Crippen LogP contribution in [0.1, 0.15) is 19.4 Å². The first-order valence-corrected chi connectivity index (χ1v) is 13.0. The zero-order valence-electron chi connectivity index (χ0n) is 19.6. The van der Waals surface area contributed by atoms with Crippen molar-refractivity contribution in [1.82, 2.24) is 10.2 Å². The average molecular weight is 514 g/mol. The number of sulfonamides is 1. The van der Waals surface area contributed by atoms with Crippen LogP contribution in [0, 0.1) is 0 Å². The van der Waals surface area contributed by atoms with Gasteiger partial charge in [-0.3, -0.25) is 13.9 Å². The van der Waals surface area contributed by atoms with Gasteiger partial charge in [0.1, 0.15) is 12.6 Å². The lowest BCUT2D eigenvalue weighted by Crippen LogP contribution is -2.51. The van der Waals surface area contributed by atoms with E-state index in [0.29, 0.717) is 11.6 Å². The Hall–Kier alpha value is -3.36. The largest absolute Gasteiger partial charge is 0.355 e. The number of nitrogens with zero attached hydrogens (tertiary/aromatic N) is 2. The first-order chi connectivity index (χ1) is 16.7. The maximum Gasteiger partial charge on any atom is 0.264 e. The van der Waals surface area contributed by atoms with Crippen LogP contribution in [0.5, 0.6) is 0 Å². The molecule has 1 N–H and O–H groups in total. The van der Waals surface area contributed by atoms with Gasteiger partial charge in [0.15, 0.2) is 0 Å². The molecule has 9 heteroatoms. The highest BCUT2D eigenvalue weighted by Gasteiger charge is 2.32. The van der Waals surface area contributed by atoms with Gasteiger partial charge in [0.25, 0.3) is 10.0 Å². The van der Waals surface area contributed by atoms with Crippen LogP contribution < -0.4 is 9.62 Å². The molecule has 0 saturated heterocycles. The topological polar surface area (TPSA) is 86.8 Å². The first-order valence-electron chi connectivity index (χ1n) is 11.2. The van der Waals surface area contributed by atoms with E-state index in [1.165, 1.54) is 23.1 Å². The van der Waals surface area contributed by atoms with Crippen LogP contribution in [0.4, 0.5) is 5.69 Å². The molecule has 0 unspecified atom stereocenters. The Morgan fingerprint density at radius 1 is 0.943 bits per heavy atom. The Bertz CT molecular complexity index is 1250. The molecule has 35 heavy (non-hydrogen) atoms. The molecule has 3 aromatic rings. The SMILES string of the molecule is CCNC(=O)[C@@H](C)N(Cc1ccccc1)C(=O)CN(c1cccc(Cl)c1)S(=O)(=O)c1ccccc1. The standard InChI is InChI=1S/C26H28ClN3O4S/c1-3-28-26(32)20(2)29(18-21-11-6-4-7-12-21)25(31)19-30(23-14-10-13-22(27)17-23)35(33,34)24-15-8-5-9-16-24/h4-17,20H,3,18-19H2,1-2H3,(H,28,32)/t20-/m1/s1. The third-order valence-electron chi connectivity index (χ3n) is 5.42. The van der Waals surface area contributed by atoms with Gasteiger partial charge in [-0.1, -0.05) is 66.2 Å². The van der Waals surface area contributed by atoms with E-state index in [4.69, 9.17) is 11.6 Å². The fourth-order valence-electron chi connectivity index (χ4n) is 3.56. The number of benzene rings is 3. The second kappa shape index (κ2) is 11.9. The van der Waals surface area contributed by atoms with Gasteiger partial charge in [0.05, 0.1) is 10.6 Å². The maximum absolute atomic E-state index is 13.7. The molecular weight excluding hydrogens is 486 g/mol. The van der Waals surface area contributed by atoms with Gasteiger partial charge in [0.2, 0.25) is 11.8 Å². The van der Waals surface area contributed by atoms with Crippen LogP contribution in [0.15, 0.2) is 89.8 Å². The maximum atomic E-state index is 13.7. The van der Waals surface area contributed by atoms with E-state index in [9.17, 15) is 18.0 Å². The lowest BCUT2D eigenvalue weighted by molar-refractivity contribution is -0.139. The summed E-state index contributed by atoms with van der Waals surface area (Å²) in [5.74, 6) is -0.843. The summed E-state index contributed by atoms with van der Waals surface area (Å²) in [6.07, 6.45) is 0. The van der Waals surface area contributed by atoms with Gasteiger partial charge in [-0.25, -0.2) is 8.42 Å². The molecule has 0 spiro atoms. The third-order valence-corrected chi connectivity index (χ3v) is 7.44. The predicted octanol–water partition coefficient (Wildman–Crippen LogP) is 4.09. The van der Waals surface area contributed by atoms with Crippen LogP contribution in [0.2, 0.25) is 5.02 Å². The van der Waals surface area contributed by atoms with Crippen LogP contribution >= 0.6 is 11.6 Å². The van der Waals surface area contributed by atoms with Crippen LogP contribution in [0.3, 0.4) is 0 Å². The second-order valence-electron chi connectivity index (χ2n) is 7.88. The summed E-state index contributed by atoms with van der Waals surface area (Å²) in [5.41, 5.74) is 1.07. The highest BCUT2D eigenvalue weighted by atomic mass is 35.5. The number of hydrogen-bond acceptors (Lipinski definition) is 4. The quantitative estimate of drug-likeness (QED) is 0.442. The molecule has 184 valence electrons. The Morgan fingerprint density at radius 2 is 1.57 bits per heavy atom. The van der Waals surface area contributed by atoms with Crippen LogP contribution in [-0.2, 0) is 26.2 Å². The minimum atomic E-state index is -4.10. The summed E-state index contributed by atoms with van der Waals surface area (Å²) in [4.78, 5) is 27.7. The van der Waals surface area contributed by atoms with Gasteiger partial charge in [-0.2, -0.15) is 0 Å². The smallest absolute Gasteiger partial charge is 0.264 e. The van der Waals surface area contributed by atoms with E-state index in [-0.39, 0.29) is 23.0 Å². The number of amides is 2. The number of anilines is 1. The van der Waals surface area contributed by atoms with Crippen molar-refractivity contribution in [3.05, 3.63) is 95.5 Å². The Balaban J connectivity index is 2.01.